The smallest absolute Gasteiger partial charge is 0.257 e. The lowest BCUT2D eigenvalue weighted by Gasteiger charge is -2.24. The molecule has 0 aromatic carbocycles. The minimum atomic E-state index is 0.0613. The summed E-state index contributed by atoms with van der Waals surface area (Å²) in [7, 11) is 1.82. The van der Waals surface area contributed by atoms with Crippen LogP contribution in [0.15, 0.2) is 29.3 Å². The number of rotatable bonds is 5. The molecule has 0 radical (unpaired) electrons. The molecule has 0 N–H and O–H groups in total. The van der Waals surface area contributed by atoms with Gasteiger partial charge in [0.05, 0.1) is 40.6 Å². The van der Waals surface area contributed by atoms with Crippen molar-refractivity contribution in [2.24, 2.45) is 7.05 Å². The lowest BCUT2D eigenvalue weighted by atomic mass is 10.1. The Kier molecular flexibility index (Phi) is 4.93. The van der Waals surface area contributed by atoms with Crippen LogP contribution < -0.4 is 0 Å². The maximum atomic E-state index is 12.8. The summed E-state index contributed by atoms with van der Waals surface area (Å²) < 4.78 is 6.91. The van der Waals surface area contributed by atoms with Crippen molar-refractivity contribution in [3.63, 3.8) is 0 Å². The van der Waals surface area contributed by atoms with Gasteiger partial charge in [0.15, 0.2) is 0 Å². The van der Waals surface area contributed by atoms with Crippen LogP contribution in [0.2, 0.25) is 0 Å². The van der Waals surface area contributed by atoms with Gasteiger partial charge in [-0.25, -0.2) is 4.98 Å². The fourth-order valence-corrected chi connectivity index (χ4v) is 3.91. The predicted molar refractivity (Wildman–Crippen MR) is 103 cm³/mol. The minimum absolute atomic E-state index is 0.0613. The van der Waals surface area contributed by atoms with Crippen molar-refractivity contribution in [3.8, 4) is 11.3 Å². The molecule has 1 amide bonds. The molecule has 0 saturated carbocycles. The highest BCUT2D eigenvalue weighted by molar-refractivity contribution is 5.94. The van der Waals surface area contributed by atoms with Crippen molar-refractivity contribution in [1.29, 1.82) is 0 Å². The number of amides is 1. The third kappa shape index (κ3) is 3.54. The molecule has 1 fully saturated rings. The molecule has 146 valence electrons. The first-order valence-electron chi connectivity index (χ1n) is 9.56. The summed E-state index contributed by atoms with van der Waals surface area (Å²) in [6, 6.07) is 0.220. The number of nitrogens with zero attached hydrogens (tertiary/aromatic N) is 6. The largest absolute Gasteiger partial charge is 0.361 e. The van der Waals surface area contributed by atoms with Crippen LogP contribution in [0.25, 0.3) is 11.3 Å². The molecule has 0 bridgehead atoms. The molecule has 0 unspecified atom stereocenters. The predicted octanol–water partition coefficient (Wildman–Crippen LogP) is 2.72. The lowest BCUT2D eigenvalue weighted by Crippen LogP contribution is -2.35. The monoisotopic (exact) mass is 380 g/mol. The molecule has 4 heterocycles. The van der Waals surface area contributed by atoms with E-state index in [0.29, 0.717) is 5.56 Å². The first-order chi connectivity index (χ1) is 13.5. The van der Waals surface area contributed by atoms with Gasteiger partial charge in [-0.2, -0.15) is 5.10 Å². The summed E-state index contributed by atoms with van der Waals surface area (Å²) in [6.45, 7) is 4.58. The second-order valence-electron chi connectivity index (χ2n) is 7.33. The number of likely N-dealkylation sites (tertiary alicyclic amines) is 1. The Labute approximate surface area is 163 Å². The average Bonchev–Trinajstić information content (AvgIpc) is 3.40. The molecule has 1 saturated heterocycles. The second-order valence-corrected chi connectivity index (χ2v) is 7.33. The van der Waals surface area contributed by atoms with Crippen LogP contribution >= 0.6 is 0 Å². The van der Waals surface area contributed by atoms with Crippen molar-refractivity contribution < 1.29 is 9.32 Å². The third-order valence-corrected chi connectivity index (χ3v) is 5.30. The van der Waals surface area contributed by atoms with E-state index in [-0.39, 0.29) is 11.9 Å². The molecule has 1 aliphatic heterocycles. The molecule has 28 heavy (non-hydrogen) atoms. The van der Waals surface area contributed by atoms with Crippen molar-refractivity contribution in [2.45, 2.75) is 45.6 Å². The number of carbonyl (C=O) groups excluding carboxylic acids is 1. The van der Waals surface area contributed by atoms with E-state index in [1.807, 2.05) is 25.8 Å². The van der Waals surface area contributed by atoms with Gasteiger partial charge in [-0.3, -0.25) is 14.5 Å². The summed E-state index contributed by atoms with van der Waals surface area (Å²) in [5.41, 5.74) is 4.06. The Bertz CT molecular complexity index is 973. The van der Waals surface area contributed by atoms with Crippen LogP contribution in [-0.2, 0) is 13.5 Å². The molecular formula is C20H24N6O2. The molecular weight excluding hydrogens is 356 g/mol. The SMILES string of the molecule is Cc1noc(C)c1-c1cncc(CC[C@H]2CCCN2C(=O)c2cnn(C)c2)n1. The number of hydrogen-bond donors (Lipinski definition) is 0. The van der Waals surface area contributed by atoms with E-state index in [2.05, 4.69) is 15.2 Å². The molecule has 3 aromatic rings. The van der Waals surface area contributed by atoms with Crippen LogP contribution in [0.4, 0.5) is 0 Å². The molecule has 0 spiro atoms. The fraction of sp³-hybridized carbons (Fsp3) is 0.450. The zero-order chi connectivity index (χ0) is 19.7. The Morgan fingerprint density at radius 3 is 2.86 bits per heavy atom. The summed E-state index contributed by atoms with van der Waals surface area (Å²) in [4.78, 5) is 23.9. The fourth-order valence-electron chi connectivity index (χ4n) is 3.91. The van der Waals surface area contributed by atoms with Gasteiger partial charge >= 0.3 is 0 Å². The van der Waals surface area contributed by atoms with E-state index >= 15 is 0 Å². The summed E-state index contributed by atoms with van der Waals surface area (Å²) in [5.74, 6) is 0.805. The van der Waals surface area contributed by atoms with E-state index in [9.17, 15) is 4.79 Å². The van der Waals surface area contributed by atoms with E-state index in [1.165, 1.54) is 0 Å². The topological polar surface area (TPSA) is 89.9 Å². The van der Waals surface area contributed by atoms with Crippen molar-refractivity contribution >= 4 is 5.91 Å². The highest BCUT2D eigenvalue weighted by Gasteiger charge is 2.29. The van der Waals surface area contributed by atoms with E-state index in [4.69, 9.17) is 9.51 Å². The Morgan fingerprint density at radius 1 is 1.29 bits per heavy atom. The zero-order valence-electron chi connectivity index (χ0n) is 16.4. The molecule has 8 heteroatoms. The number of aromatic nitrogens is 5. The number of hydrogen-bond acceptors (Lipinski definition) is 6. The van der Waals surface area contributed by atoms with Crippen molar-refractivity contribution in [2.75, 3.05) is 6.54 Å². The van der Waals surface area contributed by atoms with Gasteiger partial charge in [0.2, 0.25) is 0 Å². The van der Waals surface area contributed by atoms with Crippen LogP contribution in [0, 0.1) is 13.8 Å². The Morgan fingerprint density at radius 2 is 2.14 bits per heavy atom. The molecule has 0 aliphatic carbocycles. The van der Waals surface area contributed by atoms with E-state index < -0.39 is 0 Å². The first-order valence-corrected chi connectivity index (χ1v) is 9.56. The van der Waals surface area contributed by atoms with Gasteiger partial charge in [-0.15, -0.1) is 0 Å². The van der Waals surface area contributed by atoms with Gasteiger partial charge < -0.3 is 9.42 Å². The van der Waals surface area contributed by atoms with Crippen LogP contribution in [-0.4, -0.2) is 48.3 Å². The van der Waals surface area contributed by atoms with E-state index in [0.717, 1.165) is 60.6 Å². The Balaban J connectivity index is 1.45. The van der Waals surface area contributed by atoms with Gasteiger partial charge in [0.25, 0.3) is 5.91 Å². The zero-order valence-corrected chi connectivity index (χ0v) is 16.4. The Hall–Kier alpha value is -3.03. The number of carbonyl (C=O) groups is 1. The van der Waals surface area contributed by atoms with Crippen LogP contribution in [0.3, 0.4) is 0 Å². The van der Waals surface area contributed by atoms with E-state index in [1.54, 1.807) is 29.5 Å². The maximum Gasteiger partial charge on any atom is 0.257 e. The third-order valence-electron chi connectivity index (χ3n) is 5.30. The summed E-state index contributed by atoms with van der Waals surface area (Å²) >= 11 is 0. The van der Waals surface area contributed by atoms with Crippen LogP contribution in [0.5, 0.6) is 0 Å². The van der Waals surface area contributed by atoms with Gasteiger partial charge in [0, 0.05) is 32.0 Å². The minimum Gasteiger partial charge on any atom is -0.361 e. The summed E-state index contributed by atoms with van der Waals surface area (Å²) in [5, 5.41) is 8.11. The first kappa shape index (κ1) is 18.3. The average molecular weight is 380 g/mol. The molecule has 1 aliphatic rings. The molecule has 8 nitrogen and oxygen atoms in total. The lowest BCUT2D eigenvalue weighted by molar-refractivity contribution is 0.0730. The van der Waals surface area contributed by atoms with Gasteiger partial charge in [-0.1, -0.05) is 5.16 Å². The van der Waals surface area contributed by atoms with Crippen LogP contribution in [0.1, 0.15) is 46.8 Å². The number of aryl methyl sites for hydroxylation is 4. The van der Waals surface area contributed by atoms with Gasteiger partial charge in [0.1, 0.15) is 5.76 Å². The van der Waals surface area contributed by atoms with Crippen molar-refractivity contribution in [1.82, 2.24) is 29.8 Å². The highest BCUT2D eigenvalue weighted by atomic mass is 16.5. The molecule has 4 rings (SSSR count). The molecule has 1 atom stereocenters. The normalized spacial score (nSPS) is 16.7. The second kappa shape index (κ2) is 7.53. The maximum absolute atomic E-state index is 12.8. The highest BCUT2D eigenvalue weighted by Crippen LogP contribution is 2.26. The van der Waals surface area contributed by atoms with Gasteiger partial charge in [-0.05, 0) is 39.5 Å². The quantitative estimate of drug-likeness (QED) is 0.676. The standard InChI is InChI=1S/C20H24N6O2/c1-13-19(14(2)28-24-13)18-11-21-10-16(23-18)6-7-17-5-4-8-26(17)20(27)15-9-22-25(3)12-15/h9-12,17H,4-8H2,1-3H3/t17-/m1/s1. The van der Waals surface area contributed by atoms with Crippen molar-refractivity contribution in [3.05, 3.63) is 47.5 Å². The summed E-state index contributed by atoms with van der Waals surface area (Å²) in [6.07, 6.45) is 10.6. The molecule has 3 aromatic heterocycles.